The number of aromatic hydroxyl groups is 1. The third-order valence-corrected chi connectivity index (χ3v) is 6.08. The van der Waals surface area contributed by atoms with E-state index in [1.807, 2.05) is 13.8 Å². The third kappa shape index (κ3) is 4.28. The highest BCUT2D eigenvalue weighted by molar-refractivity contribution is 6.04. The minimum absolute atomic E-state index is 0.0832. The fourth-order valence-corrected chi connectivity index (χ4v) is 4.22. The van der Waals surface area contributed by atoms with Gasteiger partial charge in [0, 0.05) is 23.7 Å². The second-order valence-corrected chi connectivity index (χ2v) is 8.06. The molecule has 0 unspecified atom stereocenters. The van der Waals surface area contributed by atoms with Gasteiger partial charge in [0.2, 0.25) is 0 Å². The number of carbonyl (C=O) groups is 2. The number of aromatic nitrogens is 2. The van der Waals surface area contributed by atoms with Crippen LogP contribution in [0, 0.1) is 19.7 Å². The SMILES string of the molecule is CCCCc1c(C)c(-c2c(CC(=O)OC)c(C)nc3c2cc(C(=O)NN)n3C)cc(F)c1O. The van der Waals surface area contributed by atoms with Crippen LogP contribution < -0.4 is 11.3 Å². The summed E-state index contributed by atoms with van der Waals surface area (Å²) in [5, 5.41) is 11.0. The topological polar surface area (TPSA) is 119 Å². The highest BCUT2D eigenvalue weighted by atomic mass is 19.1. The van der Waals surface area contributed by atoms with Crippen molar-refractivity contribution >= 4 is 22.9 Å². The van der Waals surface area contributed by atoms with Crippen LogP contribution in [0.3, 0.4) is 0 Å². The molecular weight excluding hydrogens is 427 g/mol. The predicted molar refractivity (Wildman–Crippen MR) is 123 cm³/mol. The van der Waals surface area contributed by atoms with Gasteiger partial charge in [-0.05, 0) is 61.1 Å². The number of nitrogens with one attached hydrogen (secondary N) is 1. The highest BCUT2D eigenvalue weighted by Gasteiger charge is 2.25. The molecule has 4 N–H and O–H groups in total. The standard InChI is InChI=1S/C24H29FN4O4/c1-6-7-8-14-12(2)15(9-18(25)22(14)31)21-16(11-20(30)33-5)13(3)27-23-17(21)10-19(29(23)4)24(32)28-26/h9-10,31H,6-8,11,26H2,1-5H3,(H,28,32). The van der Waals surface area contributed by atoms with E-state index in [1.54, 1.807) is 24.6 Å². The first-order chi connectivity index (χ1) is 15.7. The van der Waals surface area contributed by atoms with E-state index in [1.165, 1.54) is 13.2 Å². The first kappa shape index (κ1) is 24.2. The van der Waals surface area contributed by atoms with Gasteiger partial charge in [0.05, 0.1) is 13.5 Å². The number of aryl methyl sites for hydroxylation is 2. The quantitative estimate of drug-likeness (QED) is 0.217. The van der Waals surface area contributed by atoms with E-state index in [-0.39, 0.29) is 17.9 Å². The predicted octanol–water partition coefficient (Wildman–Crippen LogP) is 3.36. The first-order valence-corrected chi connectivity index (χ1v) is 10.7. The van der Waals surface area contributed by atoms with Crippen molar-refractivity contribution in [1.82, 2.24) is 15.0 Å². The molecule has 3 rings (SSSR count). The number of pyridine rings is 1. The van der Waals surface area contributed by atoms with Gasteiger partial charge >= 0.3 is 5.97 Å². The monoisotopic (exact) mass is 456 g/mol. The van der Waals surface area contributed by atoms with E-state index in [0.29, 0.717) is 51.0 Å². The Labute approximate surface area is 191 Å². The van der Waals surface area contributed by atoms with E-state index in [0.717, 1.165) is 12.8 Å². The summed E-state index contributed by atoms with van der Waals surface area (Å²) in [5.41, 5.74) is 6.30. The van der Waals surface area contributed by atoms with E-state index in [2.05, 4.69) is 10.4 Å². The van der Waals surface area contributed by atoms with Gasteiger partial charge in [-0.3, -0.25) is 15.0 Å². The summed E-state index contributed by atoms with van der Waals surface area (Å²) >= 11 is 0. The molecule has 176 valence electrons. The number of unbranched alkanes of at least 4 members (excludes halogenated alkanes) is 1. The molecule has 0 bridgehead atoms. The molecule has 1 amide bonds. The lowest BCUT2D eigenvalue weighted by atomic mass is 9.88. The number of nitrogens with two attached hydrogens (primary N) is 1. The van der Waals surface area contributed by atoms with Crippen molar-refractivity contribution in [3.8, 4) is 16.9 Å². The number of methoxy groups -OCH3 is 1. The van der Waals surface area contributed by atoms with Gasteiger partial charge in [0.25, 0.3) is 5.91 Å². The van der Waals surface area contributed by atoms with Crippen LogP contribution in [0.5, 0.6) is 5.75 Å². The lowest BCUT2D eigenvalue weighted by Crippen LogP contribution is -2.31. The molecule has 9 heteroatoms. The number of hydrazine groups is 1. The zero-order valence-corrected chi connectivity index (χ0v) is 19.5. The minimum atomic E-state index is -0.746. The Balaban J connectivity index is 2.46. The molecule has 0 atom stereocenters. The average molecular weight is 457 g/mol. The van der Waals surface area contributed by atoms with Crippen LogP contribution in [0.25, 0.3) is 22.2 Å². The van der Waals surface area contributed by atoms with Crippen molar-refractivity contribution in [2.75, 3.05) is 7.11 Å². The molecule has 0 aliphatic rings. The second-order valence-electron chi connectivity index (χ2n) is 8.06. The number of carbonyl (C=O) groups excluding carboxylic acids is 2. The zero-order valence-electron chi connectivity index (χ0n) is 19.5. The normalized spacial score (nSPS) is 11.1. The molecule has 0 fully saturated rings. The molecule has 1 aromatic carbocycles. The van der Waals surface area contributed by atoms with Crippen molar-refractivity contribution in [2.45, 2.75) is 46.5 Å². The Bertz CT molecular complexity index is 1250. The van der Waals surface area contributed by atoms with Crippen molar-refractivity contribution < 1.29 is 23.8 Å². The van der Waals surface area contributed by atoms with Crippen molar-refractivity contribution in [2.24, 2.45) is 12.9 Å². The Morgan fingerprint density at radius 1 is 1.27 bits per heavy atom. The molecule has 2 aromatic heterocycles. The van der Waals surface area contributed by atoms with E-state index < -0.39 is 17.7 Å². The van der Waals surface area contributed by atoms with Crippen molar-refractivity contribution in [1.29, 1.82) is 0 Å². The van der Waals surface area contributed by atoms with E-state index in [9.17, 15) is 19.1 Å². The maximum Gasteiger partial charge on any atom is 0.310 e. The summed E-state index contributed by atoms with van der Waals surface area (Å²) in [6.07, 6.45) is 2.09. The molecule has 2 heterocycles. The average Bonchev–Trinajstić information content (AvgIpc) is 3.12. The number of hydrogen-bond donors (Lipinski definition) is 3. The summed E-state index contributed by atoms with van der Waals surface area (Å²) in [6, 6.07) is 2.89. The maximum atomic E-state index is 14.9. The molecule has 0 aliphatic heterocycles. The van der Waals surface area contributed by atoms with Gasteiger partial charge in [0.15, 0.2) is 11.6 Å². The lowest BCUT2D eigenvalue weighted by Gasteiger charge is -2.19. The first-order valence-electron chi connectivity index (χ1n) is 10.7. The number of ether oxygens (including phenoxy) is 1. The molecule has 0 saturated heterocycles. The van der Waals surface area contributed by atoms with Crippen LogP contribution in [0.15, 0.2) is 12.1 Å². The fourth-order valence-electron chi connectivity index (χ4n) is 4.22. The fraction of sp³-hybridized carbons (Fsp3) is 0.375. The maximum absolute atomic E-state index is 14.9. The van der Waals surface area contributed by atoms with Crippen LogP contribution in [-0.4, -0.2) is 33.6 Å². The third-order valence-electron chi connectivity index (χ3n) is 6.08. The zero-order chi connectivity index (χ0) is 24.4. The van der Waals surface area contributed by atoms with Crippen LogP contribution >= 0.6 is 0 Å². The van der Waals surface area contributed by atoms with Gasteiger partial charge < -0.3 is 14.4 Å². The number of rotatable bonds is 7. The number of nitrogen functional groups attached to an aromatic ring is 1. The van der Waals surface area contributed by atoms with Crippen molar-refractivity contribution in [3.05, 3.63) is 46.0 Å². The number of nitrogens with zero attached hydrogens (tertiary/aromatic N) is 2. The van der Waals surface area contributed by atoms with E-state index >= 15 is 0 Å². The number of benzene rings is 1. The molecule has 8 nitrogen and oxygen atoms in total. The number of phenolic OH excluding ortho intramolecular Hbond substituents is 1. The van der Waals surface area contributed by atoms with Crippen molar-refractivity contribution in [3.63, 3.8) is 0 Å². The second kappa shape index (κ2) is 9.58. The number of halogens is 1. The smallest absolute Gasteiger partial charge is 0.310 e. The summed E-state index contributed by atoms with van der Waals surface area (Å²) in [5.74, 6) is 3.25. The number of esters is 1. The van der Waals surface area contributed by atoms with Crippen LogP contribution in [0.4, 0.5) is 4.39 Å². The highest BCUT2D eigenvalue weighted by Crippen LogP contribution is 2.41. The van der Waals surface area contributed by atoms with Crippen LogP contribution in [0.1, 0.15) is 52.6 Å². The number of amides is 1. The molecule has 0 saturated carbocycles. The van der Waals surface area contributed by atoms with Gasteiger partial charge in [-0.2, -0.15) is 0 Å². The minimum Gasteiger partial charge on any atom is -0.505 e. The number of fused-ring (bicyclic) bond motifs is 1. The summed E-state index contributed by atoms with van der Waals surface area (Å²) in [6.45, 7) is 5.59. The Morgan fingerprint density at radius 3 is 2.58 bits per heavy atom. The molecule has 0 aliphatic carbocycles. The largest absolute Gasteiger partial charge is 0.505 e. The molecule has 0 spiro atoms. The summed E-state index contributed by atoms with van der Waals surface area (Å²) < 4.78 is 21.4. The molecule has 3 aromatic rings. The lowest BCUT2D eigenvalue weighted by molar-refractivity contribution is -0.139. The van der Waals surface area contributed by atoms with E-state index in [4.69, 9.17) is 10.6 Å². The Hall–Kier alpha value is -3.46. The summed E-state index contributed by atoms with van der Waals surface area (Å²) in [7, 11) is 2.98. The summed E-state index contributed by atoms with van der Waals surface area (Å²) in [4.78, 5) is 29.2. The Kier molecular flexibility index (Phi) is 7.02. The van der Waals surface area contributed by atoms with Gasteiger partial charge in [-0.1, -0.05) is 13.3 Å². The number of hydrogen-bond acceptors (Lipinski definition) is 6. The number of phenols is 1. The van der Waals surface area contributed by atoms with Crippen LogP contribution in [-0.2, 0) is 29.4 Å². The van der Waals surface area contributed by atoms with Gasteiger partial charge in [0.1, 0.15) is 11.3 Å². The molecule has 0 radical (unpaired) electrons. The van der Waals surface area contributed by atoms with Gasteiger partial charge in [-0.25, -0.2) is 15.2 Å². The Morgan fingerprint density at radius 2 is 1.97 bits per heavy atom. The molecular formula is C24H29FN4O4. The molecule has 33 heavy (non-hydrogen) atoms. The van der Waals surface area contributed by atoms with Gasteiger partial charge in [-0.15, -0.1) is 0 Å². The van der Waals surface area contributed by atoms with Crippen LogP contribution in [0.2, 0.25) is 0 Å².